The lowest BCUT2D eigenvalue weighted by Crippen LogP contribution is -2.48. The zero-order chi connectivity index (χ0) is 19.6. The molecule has 1 aliphatic heterocycles. The van der Waals surface area contributed by atoms with Gasteiger partial charge in [-0.3, -0.25) is 4.79 Å². The Morgan fingerprint density at radius 3 is 2.74 bits per heavy atom. The maximum Gasteiger partial charge on any atom is 0.407 e. The van der Waals surface area contributed by atoms with E-state index in [9.17, 15) is 9.59 Å². The van der Waals surface area contributed by atoms with Crippen molar-refractivity contribution >= 4 is 23.0 Å². The lowest BCUT2D eigenvalue weighted by molar-refractivity contribution is 0.0456. The number of nitrogens with zero attached hydrogens (tertiary/aromatic N) is 1. The number of amides is 2. The zero-order valence-electron chi connectivity index (χ0n) is 16.5. The highest BCUT2D eigenvalue weighted by Gasteiger charge is 2.30. The molecule has 0 bridgehead atoms. The number of hydrogen-bond acceptors (Lipinski definition) is 4. The Morgan fingerprint density at radius 2 is 2.04 bits per heavy atom. The fourth-order valence-corrected chi connectivity index (χ4v) is 3.46. The standard InChI is InChI=1S/C21H28N2O4/c1-14(22-20(25)27-21(2,3)4)16-9-7-11-23(13-16)19(24)18-12-15-8-5-6-10-17(15)26-18/h5-6,8,10,12,14,16H,7,9,11,13H2,1-4H3,(H,22,25)/t14-,16+/m0/s1. The van der Waals surface area contributed by atoms with Crippen LogP contribution in [0.2, 0.25) is 0 Å². The highest BCUT2D eigenvalue weighted by Crippen LogP contribution is 2.24. The van der Waals surface area contributed by atoms with Crippen LogP contribution in [0.3, 0.4) is 0 Å². The van der Waals surface area contributed by atoms with Gasteiger partial charge >= 0.3 is 6.09 Å². The Kier molecular flexibility index (Phi) is 5.44. The van der Waals surface area contributed by atoms with Gasteiger partial charge < -0.3 is 19.4 Å². The molecule has 146 valence electrons. The van der Waals surface area contributed by atoms with Gasteiger partial charge in [-0.25, -0.2) is 4.79 Å². The molecule has 2 heterocycles. The Morgan fingerprint density at radius 1 is 1.30 bits per heavy atom. The number of benzene rings is 1. The van der Waals surface area contributed by atoms with Gasteiger partial charge in [-0.1, -0.05) is 18.2 Å². The molecule has 3 rings (SSSR count). The molecule has 2 atom stereocenters. The van der Waals surface area contributed by atoms with E-state index in [0.29, 0.717) is 18.8 Å². The molecule has 1 saturated heterocycles. The molecule has 27 heavy (non-hydrogen) atoms. The van der Waals surface area contributed by atoms with Gasteiger partial charge in [-0.2, -0.15) is 0 Å². The number of piperidine rings is 1. The summed E-state index contributed by atoms with van der Waals surface area (Å²) in [6.45, 7) is 8.77. The topological polar surface area (TPSA) is 71.8 Å². The highest BCUT2D eigenvalue weighted by atomic mass is 16.6. The highest BCUT2D eigenvalue weighted by molar-refractivity contribution is 5.96. The number of carbonyl (C=O) groups is 2. The average molecular weight is 372 g/mol. The fourth-order valence-electron chi connectivity index (χ4n) is 3.46. The van der Waals surface area contributed by atoms with Crippen LogP contribution in [0.1, 0.15) is 51.1 Å². The van der Waals surface area contributed by atoms with Crippen molar-refractivity contribution < 1.29 is 18.7 Å². The molecule has 6 heteroatoms. The quantitative estimate of drug-likeness (QED) is 0.876. The molecule has 2 aromatic rings. The number of likely N-dealkylation sites (tertiary alicyclic amines) is 1. The van der Waals surface area contributed by atoms with Gasteiger partial charge in [0.1, 0.15) is 11.2 Å². The first-order valence-electron chi connectivity index (χ1n) is 9.50. The van der Waals surface area contributed by atoms with E-state index in [1.165, 1.54) is 0 Å². The number of furan rings is 1. The summed E-state index contributed by atoms with van der Waals surface area (Å²) in [5, 5.41) is 3.83. The predicted molar refractivity (Wildman–Crippen MR) is 104 cm³/mol. The second-order valence-corrected chi connectivity index (χ2v) is 8.24. The fraction of sp³-hybridized carbons (Fsp3) is 0.524. The van der Waals surface area contributed by atoms with E-state index in [2.05, 4.69) is 5.32 Å². The molecule has 1 aliphatic rings. The van der Waals surface area contributed by atoms with E-state index in [1.807, 2.05) is 56.9 Å². The van der Waals surface area contributed by atoms with Crippen molar-refractivity contribution in [3.05, 3.63) is 36.1 Å². The lowest BCUT2D eigenvalue weighted by Gasteiger charge is -2.35. The SMILES string of the molecule is C[C@H](NC(=O)OC(C)(C)C)[C@@H]1CCCN(C(=O)c2cc3ccccc3o2)C1. The molecular formula is C21H28N2O4. The summed E-state index contributed by atoms with van der Waals surface area (Å²) in [6, 6.07) is 9.32. The maximum absolute atomic E-state index is 12.9. The first-order valence-corrected chi connectivity index (χ1v) is 9.50. The zero-order valence-corrected chi connectivity index (χ0v) is 16.5. The molecule has 1 aromatic carbocycles. The first-order chi connectivity index (χ1) is 12.7. The van der Waals surface area contributed by atoms with Crippen molar-refractivity contribution in [1.29, 1.82) is 0 Å². The van der Waals surface area contributed by atoms with Crippen molar-refractivity contribution in [3.63, 3.8) is 0 Å². The summed E-state index contributed by atoms with van der Waals surface area (Å²) < 4.78 is 11.0. The second-order valence-electron chi connectivity index (χ2n) is 8.24. The van der Waals surface area contributed by atoms with Crippen LogP contribution in [-0.4, -0.2) is 41.6 Å². The molecule has 2 amide bonds. The van der Waals surface area contributed by atoms with Crippen molar-refractivity contribution in [2.75, 3.05) is 13.1 Å². The third-order valence-corrected chi connectivity index (χ3v) is 4.83. The number of alkyl carbamates (subject to hydrolysis) is 1. The van der Waals surface area contributed by atoms with Crippen LogP contribution in [0, 0.1) is 5.92 Å². The first kappa shape index (κ1) is 19.3. The van der Waals surface area contributed by atoms with Gasteiger partial charge in [0.05, 0.1) is 0 Å². The van der Waals surface area contributed by atoms with Gasteiger partial charge in [0, 0.05) is 24.5 Å². The number of fused-ring (bicyclic) bond motifs is 1. The molecule has 1 N–H and O–H groups in total. The molecular weight excluding hydrogens is 344 g/mol. The van der Waals surface area contributed by atoms with E-state index in [1.54, 1.807) is 6.07 Å². The van der Waals surface area contributed by atoms with Gasteiger partial charge in [0.25, 0.3) is 5.91 Å². The Labute approximate surface area is 159 Å². The van der Waals surface area contributed by atoms with Crippen LogP contribution in [-0.2, 0) is 4.74 Å². The van der Waals surface area contributed by atoms with Crippen LogP contribution >= 0.6 is 0 Å². The average Bonchev–Trinajstić information content (AvgIpc) is 3.03. The minimum absolute atomic E-state index is 0.0777. The van der Waals surface area contributed by atoms with E-state index in [4.69, 9.17) is 9.15 Å². The van der Waals surface area contributed by atoms with Crippen molar-refractivity contribution in [2.24, 2.45) is 5.92 Å². The van der Waals surface area contributed by atoms with Crippen molar-refractivity contribution in [1.82, 2.24) is 10.2 Å². The molecule has 6 nitrogen and oxygen atoms in total. The number of carbonyl (C=O) groups excluding carboxylic acids is 2. The number of rotatable bonds is 3. The molecule has 0 radical (unpaired) electrons. The predicted octanol–water partition coefficient (Wildman–Crippen LogP) is 4.20. The number of ether oxygens (including phenoxy) is 1. The van der Waals surface area contributed by atoms with Crippen LogP contribution in [0.25, 0.3) is 11.0 Å². The number of para-hydroxylation sites is 1. The van der Waals surface area contributed by atoms with E-state index < -0.39 is 11.7 Å². The Hall–Kier alpha value is -2.50. The minimum atomic E-state index is -0.528. The van der Waals surface area contributed by atoms with Gasteiger partial charge in [0.15, 0.2) is 5.76 Å². The summed E-state index contributed by atoms with van der Waals surface area (Å²) in [4.78, 5) is 26.7. The van der Waals surface area contributed by atoms with Gasteiger partial charge in [-0.15, -0.1) is 0 Å². The largest absolute Gasteiger partial charge is 0.451 e. The smallest absolute Gasteiger partial charge is 0.407 e. The molecule has 0 spiro atoms. The lowest BCUT2D eigenvalue weighted by atomic mass is 9.91. The molecule has 0 saturated carbocycles. The summed E-state index contributed by atoms with van der Waals surface area (Å²) in [5.41, 5.74) is 0.189. The second kappa shape index (κ2) is 7.62. The van der Waals surface area contributed by atoms with Crippen LogP contribution in [0.15, 0.2) is 34.7 Å². The van der Waals surface area contributed by atoms with Crippen molar-refractivity contribution in [3.8, 4) is 0 Å². The van der Waals surface area contributed by atoms with E-state index >= 15 is 0 Å². The number of hydrogen-bond donors (Lipinski definition) is 1. The van der Waals surface area contributed by atoms with E-state index in [0.717, 1.165) is 23.8 Å². The third kappa shape index (κ3) is 4.81. The summed E-state index contributed by atoms with van der Waals surface area (Å²) in [5.74, 6) is 0.449. The van der Waals surface area contributed by atoms with Crippen molar-refractivity contribution in [2.45, 2.75) is 52.2 Å². The summed E-state index contributed by atoms with van der Waals surface area (Å²) in [7, 11) is 0. The monoisotopic (exact) mass is 372 g/mol. The Bertz CT molecular complexity index is 788. The minimum Gasteiger partial charge on any atom is -0.451 e. The normalized spacial score (nSPS) is 19.0. The third-order valence-electron chi connectivity index (χ3n) is 4.83. The van der Waals surface area contributed by atoms with Gasteiger partial charge in [-0.05, 0) is 58.6 Å². The van der Waals surface area contributed by atoms with Crippen LogP contribution in [0.4, 0.5) is 4.79 Å². The maximum atomic E-state index is 12.9. The molecule has 0 unspecified atom stereocenters. The molecule has 0 aliphatic carbocycles. The van der Waals surface area contributed by atoms with E-state index in [-0.39, 0.29) is 17.9 Å². The van der Waals surface area contributed by atoms with Crippen LogP contribution in [0.5, 0.6) is 0 Å². The van der Waals surface area contributed by atoms with Gasteiger partial charge in [0.2, 0.25) is 0 Å². The summed E-state index contributed by atoms with van der Waals surface area (Å²) >= 11 is 0. The summed E-state index contributed by atoms with van der Waals surface area (Å²) in [6.07, 6.45) is 1.44. The molecule has 1 fully saturated rings. The van der Waals surface area contributed by atoms with Crippen LogP contribution < -0.4 is 5.32 Å². The Balaban J connectivity index is 1.63. The molecule has 1 aromatic heterocycles. The number of nitrogens with one attached hydrogen (secondary N) is 1.